The van der Waals surface area contributed by atoms with Crippen LogP contribution in [0.3, 0.4) is 0 Å². The lowest BCUT2D eigenvalue weighted by Crippen LogP contribution is -2.13. The summed E-state index contributed by atoms with van der Waals surface area (Å²) in [5, 5.41) is 8.92. The molecule has 1 saturated carbocycles. The molecule has 0 aliphatic heterocycles. The Kier molecular flexibility index (Phi) is 9.05. The summed E-state index contributed by atoms with van der Waals surface area (Å²) in [6, 6.07) is 17.1. The smallest absolute Gasteiger partial charge is 0.330 e. The number of methoxy groups -OCH3 is 1. The second-order valence-electron chi connectivity index (χ2n) is 8.94. The Labute approximate surface area is 197 Å². The van der Waals surface area contributed by atoms with Crippen LogP contribution in [0.1, 0.15) is 68.9 Å². The minimum Gasteiger partial charge on any atom is -0.478 e. The fourth-order valence-electron chi connectivity index (χ4n) is 4.56. The SMILES string of the molecule is COC(=O)C=Cc1ccc(-c2ccc(C3CCC(CCCC=C(C)C(=O)O)CC3)cc2)cc1. The number of carbonyl (C=O) groups is 2. The zero-order valence-electron chi connectivity index (χ0n) is 19.6. The fraction of sp³-hybridized carbons (Fsp3) is 0.379. The van der Waals surface area contributed by atoms with E-state index in [1.807, 2.05) is 18.2 Å². The number of rotatable bonds is 9. The molecule has 3 rings (SSSR count). The molecular weight excluding hydrogens is 412 g/mol. The van der Waals surface area contributed by atoms with E-state index in [9.17, 15) is 9.59 Å². The molecule has 0 saturated heterocycles. The van der Waals surface area contributed by atoms with Crippen LogP contribution < -0.4 is 0 Å². The van der Waals surface area contributed by atoms with Crippen molar-refractivity contribution in [1.29, 1.82) is 0 Å². The number of carbonyl (C=O) groups excluding carboxylic acids is 1. The number of aliphatic carboxylic acids is 1. The van der Waals surface area contributed by atoms with Crippen molar-refractivity contribution >= 4 is 18.0 Å². The molecule has 4 heteroatoms. The maximum Gasteiger partial charge on any atom is 0.330 e. The van der Waals surface area contributed by atoms with Crippen molar-refractivity contribution in [2.75, 3.05) is 7.11 Å². The van der Waals surface area contributed by atoms with Gasteiger partial charge in [0.25, 0.3) is 0 Å². The third-order valence-corrected chi connectivity index (χ3v) is 6.69. The highest BCUT2D eigenvalue weighted by Crippen LogP contribution is 2.38. The van der Waals surface area contributed by atoms with Crippen LogP contribution in [0.25, 0.3) is 17.2 Å². The third kappa shape index (κ3) is 7.45. The van der Waals surface area contributed by atoms with Crippen LogP contribution in [0.4, 0.5) is 0 Å². The molecule has 0 amide bonds. The Hall–Kier alpha value is -3.14. The van der Waals surface area contributed by atoms with Gasteiger partial charge in [-0.3, -0.25) is 0 Å². The third-order valence-electron chi connectivity index (χ3n) is 6.69. The number of unbranched alkanes of at least 4 members (excludes halogenated alkanes) is 1. The lowest BCUT2D eigenvalue weighted by atomic mass is 9.77. The molecule has 1 fully saturated rings. The first-order valence-corrected chi connectivity index (χ1v) is 11.8. The Morgan fingerprint density at radius 1 is 0.970 bits per heavy atom. The van der Waals surface area contributed by atoms with Crippen molar-refractivity contribution in [3.05, 3.63) is 77.4 Å². The fourth-order valence-corrected chi connectivity index (χ4v) is 4.56. The second-order valence-corrected chi connectivity index (χ2v) is 8.94. The lowest BCUT2D eigenvalue weighted by Gasteiger charge is -2.29. The first kappa shape index (κ1) is 24.5. The number of esters is 1. The standard InChI is InChI=1S/C29H34O4/c1-21(29(31)32)5-3-4-6-22-7-12-24(13-8-22)26-16-18-27(19-17-26)25-14-9-23(10-15-25)11-20-28(30)33-2/h5,9-11,14-20,22,24H,3-4,6-8,12-13H2,1-2H3,(H,31,32). The van der Waals surface area contributed by atoms with Crippen molar-refractivity contribution in [2.45, 2.75) is 57.8 Å². The first-order valence-electron chi connectivity index (χ1n) is 11.8. The van der Waals surface area contributed by atoms with Crippen molar-refractivity contribution < 1.29 is 19.4 Å². The summed E-state index contributed by atoms with van der Waals surface area (Å²) in [5.74, 6) is 0.235. The molecule has 2 aromatic carbocycles. The van der Waals surface area contributed by atoms with Gasteiger partial charge in [-0.1, -0.05) is 61.0 Å². The maximum absolute atomic E-state index is 11.2. The van der Waals surface area contributed by atoms with Gasteiger partial charge in [0.2, 0.25) is 0 Å². The molecule has 0 unspecified atom stereocenters. The number of ether oxygens (including phenoxy) is 1. The highest BCUT2D eigenvalue weighted by atomic mass is 16.5. The van der Waals surface area contributed by atoms with Crippen LogP contribution in [-0.4, -0.2) is 24.2 Å². The van der Waals surface area contributed by atoms with Gasteiger partial charge in [-0.15, -0.1) is 0 Å². The molecular formula is C29H34O4. The van der Waals surface area contributed by atoms with Gasteiger partial charge >= 0.3 is 11.9 Å². The van der Waals surface area contributed by atoms with E-state index in [0.29, 0.717) is 11.5 Å². The molecule has 174 valence electrons. The average molecular weight is 447 g/mol. The summed E-state index contributed by atoms with van der Waals surface area (Å²) in [6.07, 6.45) is 13.1. The topological polar surface area (TPSA) is 63.6 Å². The minimum absolute atomic E-state index is 0.355. The maximum atomic E-state index is 11.2. The van der Waals surface area contributed by atoms with E-state index < -0.39 is 5.97 Å². The van der Waals surface area contributed by atoms with Gasteiger partial charge in [0, 0.05) is 11.6 Å². The monoisotopic (exact) mass is 446 g/mol. The molecule has 4 nitrogen and oxygen atoms in total. The molecule has 0 heterocycles. The van der Waals surface area contributed by atoms with Crippen molar-refractivity contribution in [2.24, 2.45) is 5.92 Å². The van der Waals surface area contributed by atoms with E-state index in [-0.39, 0.29) is 5.97 Å². The zero-order chi connectivity index (χ0) is 23.6. The van der Waals surface area contributed by atoms with Crippen LogP contribution in [0, 0.1) is 5.92 Å². The predicted molar refractivity (Wildman–Crippen MR) is 133 cm³/mol. The lowest BCUT2D eigenvalue weighted by molar-refractivity contribution is -0.135. The second kappa shape index (κ2) is 12.2. The van der Waals surface area contributed by atoms with Crippen LogP contribution in [-0.2, 0) is 14.3 Å². The van der Waals surface area contributed by atoms with Crippen molar-refractivity contribution in [1.82, 2.24) is 0 Å². The van der Waals surface area contributed by atoms with E-state index in [0.717, 1.165) is 29.9 Å². The van der Waals surface area contributed by atoms with Crippen LogP contribution in [0.15, 0.2) is 66.3 Å². The van der Waals surface area contributed by atoms with Gasteiger partial charge in [-0.2, -0.15) is 0 Å². The van der Waals surface area contributed by atoms with E-state index in [1.165, 1.54) is 56.4 Å². The van der Waals surface area contributed by atoms with Crippen molar-refractivity contribution in [3.8, 4) is 11.1 Å². The number of carboxylic acids is 1. The number of carboxylic acid groups (broad SMARTS) is 1. The van der Waals surface area contributed by atoms with Gasteiger partial charge in [0.15, 0.2) is 0 Å². The van der Waals surface area contributed by atoms with Gasteiger partial charge in [-0.25, -0.2) is 9.59 Å². The molecule has 0 radical (unpaired) electrons. The van der Waals surface area contributed by atoms with Crippen LogP contribution in [0.5, 0.6) is 0 Å². The largest absolute Gasteiger partial charge is 0.478 e. The number of benzene rings is 2. The molecule has 2 aromatic rings. The van der Waals surface area contributed by atoms with E-state index >= 15 is 0 Å². The molecule has 0 aromatic heterocycles. The summed E-state index contributed by atoms with van der Waals surface area (Å²) in [6.45, 7) is 1.67. The van der Waals surface area contributed by atoms with Gasteiger partial charge in [0.05, 0.1) is 7.11 Å². The zero-order valence-corrected chi connectivity index (χ0v) is 19.6. The number of hydrogen-bond donors (Lipinski definition) is 1. The summed E-state index contributed by atoms with van der Waals surface area (Å²) >= 11 is 0. The van der Waals surface area contributed by atoms with E-state index in [2.05, 4.69) is 41.1 Å². The molecule has 33 heavy (non-hydrogen) atoms. The summed E-state index contributed by atoms with van der Waals surface area (Å²) in [4.78, 5) is 22.1. The van der Waals surface area contributed by atoms with E-state index in [1.54, 1.807) is 13.0 Å². The van der Waals surface area contributed by atoms with E-state index in [4.69, 9.17) is 5.11 Å². The molecule has 1 aliphatic carbocycles. The average Bonchev–Trinajstić information content (AvgIpc) is 2.85. The van der Waals surface area contributed by atoms with Crippen LogP contribution >= 0.6 is 0 Å². The molecule has 0 spiro atoms. The van der Waals surface area contributed by atoms with Gasteiger partial charge in [-0.05, 0) is 85.6 Å². The van der Waals surface area contributed by atoms with Crippen molar-refractivity contribution in [3.63, 3.8) is 0 Å². The Morgan fingerprint density at radius 3 is 2.15 bits per heavy atom. The Bertz CT molecular complexity index is 975. The first-order chi connectivity index (χ1) is 16.0. The molecule has 0 atom stereocenters. The number of allylic oxidation sites excluding steroid dienone is 1. The predicted octanol–water partition coefficient (Wildman–Crippen LogP) is 7.01. The molecule has 1 N–H and O–H groups in total. The normalized spacial score (nSPS) is 18.9. The quantitative estimate of drug-likeness (QED) is 0.255. The highest BCUT2D eigenvalue weighted by molar-refractivity contribution is 5.87. The van der Waals surface area contributed by atoms with Gasteiger partial charge in [0.1, 0.15) is 0 Å². The summed E-state index contributed by atoms with van der Waals surface area (Å²) in [7, 11) is 1.37. The van der Waals surface area contributed by atoms with Crippen LogP contribution in [0.2, 0.25) is 0 Å². The number of hydrogen-bond acceptors (Lipinski definition) is 3. The Balaban J connectivity index is 1.48. The summed E-state index contributed by atoms with van der Waals surface area (Å²) < 4.78 is 4.62. The minimum atomic E-state index is -0.814. The highest BCUT2D eigenvalue weighted by Gasteiger charge is 2.22. The Morgan fingerprint density at radius 2 is 1.58 bits per heavy atom. The van der Waals surface area contributed by atoms with Gasteiger partial charge < -0.3 is 9.84 Å². The molecule has 0 bridgehead atoms. The summed E-state index contributed by atoms with van der Waals surface area (Å²) in [5.41, 5.74) is 5.20. The molecule has 1 aliphatic rings.